The predicted molar refractivity (Wildman–Crippen MR) is 79.9 cm³/mol. The molecule has 0 N–H and O–H groups in total. The van der Waals surface area contributed by atoms with Gasteiger partial charge in [-0.1, -0.05) is 18.2 Å². The quantitative estimate of drug-likeness (QED) is 0.717. The van der Waals surface area contributed by atoms with E-state index in [1.54, 1.807) is 11.3 Å². The Hall–Kier alpha value is -1.81. The van der Waals surface area contributed by atoms with E-state index in [2.05, 4.69) is 17.5 Å². The first-order chi connectivity index (χ1) is 9.31. The van der Waals surface area contributed by atoms with E-state index in [4.69, 9.17) is 0 Å². The second kappa shape index (κ2) is 5.05. The van der Waals surface area contributed by atoms with Gasteiger partial charge < -0.3 is 0 Å². The smallest absolute Gasteiger partial charge is 0.292 e. The Bertz CT molecular complexity index is 737. The molecule has 2 heterocycles. The Kier molecular flexibility index (Phi) is 3.25. The van der Waals surface area contributed by atoms with Crippen molar-refractivity contribution in [1.82, 2.24) is 9.13 Å². The average Bonchev–Trinajstić information content (AvgIpc) is 3.02. The number of hydrogen-bond acceptors (Lipinski definition) is 2. The number of rotatable bonds is 4. The fourth-order valence-corrected chi connectivity index (χ4v) is 3.17. The van der Waals surface area contributed by atoms with Gasteiger partial charge in [-0.3, -0.25) is 9.13 Å². The van der Waals surface area contributed by atoms with Crippen molar-refractivity contribution in [2.45, 2.75) is 26.4 Å². The molecule has 1 aromatic carbocycles. The maximum atomic E-state index is 12.4. The van der Waals surface area contributed by atoms with Gasteiger partial charge in [0, 0.05) is 18.0 Å². The van der Waals surface area contributed by atoms with Crippen LogP contribution in [0.5, 0.6) is 0 Å². The van der Waals surface area contributed by atoms with E-state index in [0.29, 0.717) is 6.54 Å². The van der Waals surface area contributed by atoms with E-state index >= 15 is 0 Å². The zero-order chi connectivity index (χ0) is 13.2. The number of nitrogens with zero attached hydrogens (tertiary/aromatic N) is 2. The largest absolute Gasteiger partial charge is 0.329 e. The van der Waals surface area contributed by atoms with Crippen LogP contribution in [0.2, 0.25) is 0 Å². The van der Waals surface area contributed by atoms with Crippen LogP contribution in [-0.4, -0.2) is 9.13 Å². The summed E-state index contributed by atoms with van der Waals surface area (Å²) in [5.41, 5.74) is 2.16. The first-order valence-corrected chi connectivity index (χ1v) is 7.39. The molecular formula is C15H16N2OS. The van der Waals surface area contributed by atoms with Crippen LogP contribution in [0.3, 0.4) is 0 Å². The fourth-order valence-electron chi connectivity index (χ4n) is 2.47. The lowest BCUT2D eigenvalue weighted by atomic mass is 10.3. The van der Waals surface area contributed by atoms with Crippen molar-refractivity contribution in [3.63, 3.8) is 0 Å². The minimum Gasteiger partial charge on any atom is -0.292 e. The molecule has 0 unspecified atom stereocenters. The third kappa shape index (κ3) is 2.12. The summed E-state index contributed by atoms with van der Waals surface area (Å²) >= 11 is 1.74. The Morgan fingerprint density at radius 3 is 2.42 bits per heavy atom. The Labute approximate surface area is 115 Å². The number of aryl methyl sites for hydroxylation is 3. The first kappa shape index (κ1) is 12.2. The van der Waals surface area contributed by atoms with Crippen LogP contribution in [0.15, 0.2) is 46.6 Å². The van der Waals surface area contributed by atoms with Crippen molar-refractivity contribution in [2.75, 3.05) is 0 Å². The van der Waals surface area contributed by atoms with Crippen LogP contribution in [0.25, 0.3) is 11.0 Å². The predicted octanol–water partition coefficient (Wildman–Crippen LogP) is 3.13. The fraction of sp³-hybridized carbons (Fsp3) is 0.267. The van der Waals surface area contributed by atoms with Gasteiger partial charge in [0.25, 0.3) is 0 Å². The Morgan fingerprint density at radius 2 is 1.79 bits per heavy atom. The molecule has 98 valence electrons. The summed E-state index contributed by atoms with van der Waals surface area (Å²) in [5, 5.41) is 2.08. The minimum atomic E-state index is 0.0975. The molecule has 2 aromatic heterocycles. The van der Waals surface area contributed by atoms with Crippen molar-refractivity contribution in [2.24, 2.45) is 0 Å². The first-order valence-electron chi connectivity index (χ1n) is 6.51. The van der Waals surface area contributed by atoms with Crippen LogP contribution >= 0.6 is 11.3 Å². The zero-order valence-electron chi connectivity index (χ0n) is 10.9. The Balaban J connectivity index is 2.03. The van der Waals surface area contributed by atoms with E-state index < -0.39 is 0 Å². The van der Waals surface area contributed by atoms with E-state index in [0.717, 1.165) is 24.0 Å². The van der Waals surface area contributed by atoms with Gasteiger partial charge in [0.15, 0.2) is 0 Å². The molecule has 0 aliphatic heterocycles. The van der Waals surface area contributed by atoms with Crippen molar-refractivity contribution >= 4 is 22.4 Å². The zero-order valence-corrected chi connectivity index (χ0v) is 11.7. The van der Waals surface area contributed by atoms with Gasteiger partial charge in [0.2, 0.25) is 0 Å². The molecule has 19 heavy (non-hydrogen) atoms. The standard InChI is InChI=1S/C15H16N2OS/c1-2-16-13-7-3-4-8-14(13)17(15(16)18)10-9-12-6-5-11-19-12/h3-8,11H,2,9-10H2,1H3. The SMILES string of the molecule is CCn1c(=O)n(CCc2cccs2)c2ccccc21. The van der Waals surface area contributed by atoms with E-state index in [9.17, 15) is 4.79 Å². The van der Waals surface area contributed by atoms with E-state index in [1.807, 2.05) is 40.3 Å². The second-order valence-corrected chi connectivity index (χ2v) is 5.53. The molecule has 3 nitrogen and oxygen atoms in total. The lowest BCUT2D eigenvalue weighted by Gasteiger charge is -2.01. The molecule has 0 bridgehead atoms. The molecule has 0 spiro atoms. The number of benzene rings is 1. The summed E-state index contributed by atoms with van der Waals surface area (Å²) in [5.74, 6) is 0. The third-order valence-corrected chi connectivity index (χ3v) is 4.34. The van der Waals surface area contributed by atoms with Gasteiger partial charge in [-0.2, -0.15) is 0 Å². The van der Waals surface area contributed by atoms with Crippen LogP contribution in [0, 0.1) is 0 Å². The monoisotopic (exact) mass is 272 g/mol. The summed E-state index contributed by atoms with van der Waals surface area (Å²) in [7, 11) is 0. The highest BCUT2D eigenvalue weighted by Gasteiger charge is 2.11. The number of hydrogen-bond donors (Lipinski definition) is 0. The van der Waals surface area contributed by atoms with E-state index in [1.165, 1.54) is 4.88 Å². The van der Waals surface area contributed by atoms with Crippen molar-refractivity contribution in [3.05, 3.63) is 57.1 Å². The molecule has 0 aliphatic carbocycles. The molecule has 0 saturated carbocycles. The summed E-state index contributed by atoms with van der Waals surface area (Å²) in [6.45, 7) is 3.47. The molecular weight excluding hydrogens is 256 g/mol. The molecule has 0 radical (unpaired) electrons. The molecule has 4 heteroatoms. The third-order valence-electron chi connectivity index (χ3n) is 3.40. The lowest BCUT2D eigenvalue weighted by Crippen LogP contribution is -2.24. The maximum absolute atomic E-state index is 12.4. The van der Waals surface area contributed by atoms with Gasteiger partial charge in [0.05, 0.1) is 11.0 Å². The molecule has 0 fully saturated rings. The topological polar surface area (TPSA) is 26.9 Å². The van der Waals surface area contributed by atoms with Crippen LogP contribution in [0.4, 0.5) is 0 Å². The number of aromatic nitrogens is 2. The van der Waals surface area contributed by atoms with Gasteiger partial charge in [-0.15, -0.1) is 11.3 Å². The van der Waals surface area contributed by atoms with Crippen LogP contribution in [-0.2, 0) is 19.5 Å². The van der Waals surface area contributed by atoms with Crippen LogP contribution in [0.1, 0.15) is 11.8 Å². The molecule has 0 aliphatic rings. The van der Waals surface area contributed by atoms with Gasteiger partial charge in [0.1, 0.15) is 0 Å². The summed E-state index contributed by atoms with van der Waals surface area (Å²) in [6.07, 6.45) is 0.912. The number of para-hydroxylation sites is 2. The molecule has 0 atom stereocenters. The maximum Gasteiger partial charge on any atom is 0.329 e. The molecule has 0 amide bonds. The Morgan fingerprint density at radius 1 is 1.05 bits per heavy atom. The highest BCUT2D eigenvalue weighted by atomic mass is 32.1. The molecule has 3 aromatic rings. The van der Waals surface area contributed by atoms with Gasteiger partial charge in [-0.05, 0) is 36.9 Å². The van der Waals surface area contributed by atoms with Crippen molar-refractivity contribution in [3.8, 4) is 0 Å². The van der Waals surface area contributed by atoms with Gasteiger partial charge in [-0.25, -0.2) is 4.79 Å². The second-order valence-electron chi connectivity index (χ2n) is 4.50. The van der Waals surface area contributed by atoms with E-state index in [-0.39, 0.29) is 5.69 Å². The van der Waals surface area contributed by atoms with Crippen LogP contribution < -0.4 is 5.69 Å². The normalized spacial score (nSPS) is 11.2. The summed E-state index contributed by atoms with van der Waals surface area (Å²) in [6, 6.07) is 12.2. The van der Waals surface area contributed by atoms with Crippen molar-refractivity contribution < 1.29 is 0 Å². The number of imidazole rings is 1. The number of thiophene rings is 1. The summed E-state index contributed by atoms with van der Waals surface area (Å²) < 4.78 is 3.72. The minimum absolute atomic E-state index is 0.0975. The van der Waals surface area contributed by atoms with Gasteiger partial charge >= 0.3 is 5.69 Å². The molecule has 0 saturated heterocycles. The highest BCUT2D eigenvalue weighted by Crippen LogP contribution is 2.15. The average molecular weight is 272 g/mol. The summed E-state index contributed by atoms with van der Waals surface area (Å²) in [4.78, 5) is 13.7. The highest BCUT2D eigenvalue weighted by molar-refractivity contribution is 7.09. The number of fused-ring (bicyclic) bond motifs is 1. The van der Waals surface area contributed by atoms with Crippen molar-refractivity contribution in [1.29, 1.82) is 0 Å². The molecule has 3 rings (SSSR count). The lowest BCUT2D eigenvalue weighted by molar-refractivity contribution is 0.643.